The molecule has 0 unspecified atom stereocenters. The van der Waals surface area contributed by atoms with E-state index in [-0.39, 0.29) is 6.03 Å². The summed E-state index contributed by atoms with van der Waals surface area (Å²) in [5.74, 6) is 0.891. The minimum atomic E-state index is -0.0187. The van der Waals surface area contributed by atoms with Gasteiger partial charge in [0.15, 0.2) is 0 Å². The van der Waals surface area contributed by atoms with E-state index in [1.807, 2.05) is 0 Å². The van der Waals surface area contributed by atoms with Crippen LogP contribution in [-0.2, 0) is 11.2 Å². The summed E-state index contributed by atoms with van der Waals surface area (Å²) in [5, 5.41) is 2.86. The van der Waals surface area contributed by atoms with Crippen LogP contribution >= 0.6 is 0 Å². The molecular formula is C10H16N4O2. The van der Waals surface area contributed by atoms with Crippen LogP contribution in [0.4, 0.5) is 4.79 Å². The van der Waals surface area contributed by atoms with E-state index in [2.05, 4.69) is 15.3 Å². The number of nitrogens with zero attached hydrogens (tertiary/aromatic N) is 2. The Hall–Kier alpha value is -1.56. The van der Waals surface area contributed by atoms with Gasteiger partial charge in [-0.15, -0.1) is 0 Å². The molecule has 0 atom stereocenters. The van der Waals surface area contributed by atoms with E-state index in [4.69, 9.17) is 4.74 Å². The molecule has 2 amide bonds. The fraction of sp³-hybridized carbons (Fsp3) is 0.600. The molecule has 0 spiro atoms. The summed E-state index contributed by atoms with van der Waals surface area (Å²) in [7, 11) is 0. The van der Waals surface area contributed by atoms with Crippen molar-refractivity contribution in [3.8, 4) is 0 Å². The van der Waals surface area contributed by atoms with Crippen molar-refractivity contribution in [1.29, 1.82) is 0 Å². The molecule has 2 rings (SSSR count). The van der Waals surface area contributed by atoms with E-state index < -0.39 is 0 Å². The predicted molar refractivity (Wildman–Crippen MR) is 58.1 cm³/mol. The molecule has 0 saturated carbocycles. The summed E-state index contributed by atoms with van der Waals surface area (Å²) >= 11 is 0. The molecule has 88 valence electrons. The number of carbonyl (C=O) groups is 1. The fourth-order valence-electron chi connectivity index (χ4n) is 1.60. The number of hydrogen-bond acceptors (Lipinski definition) is 3. The largest absolute Gasteiger partial charge is 0.378 e. The van der Waals surface area contributed by atoms with E-state index in [1.54, 1.807) is 17.3 Å². The van der Waals surface area contributed by atoms with Gasteiger partial charge in [-0.1, -0.05) is 0 Å². The van der Waals surface area contributed by atoms with Gasteiger partial charge in [-0.3, -0.25) is 0 Å². The van der Waals surface area contributed by atoms with Crippen molar-refractivity contribution in [2.24, 2.45) is 0 Å². The maximum atomic E-state index is 11.7. The van der Waals surface area contributed by atoms with Gasteiger partial charge in [0, 0.05) is 38.4 Å². The van der Waals surface area contributed by atoms with Crippen LogP contribution in [-0.4, -0.2) is 53.7 Å². The molecule has 0 bridgehead atoms. The quantitative estimate of drug-likeness (QED) is 0.759. The fourth-order valence-corrected chi connectivity index (χ4v) is 1.60. The van der Waals surface area contributed by atoms with Crippen molar-refractivity contribution in [3.63, 3.8) is 0 Å². The van der Waals surface area contributed by atoms with Crippen LogP contribution in [0, 0.1) is 0 Å². The molecule has 1 aromatic heterocycles. The van der Waals surface area contributed by atoms with Crippen LogP contribution in [0.1, 0.15) is 5.82 Å². The molecule has 1 aliphatic heterocycles. The zero-order valence-corrected chi connectivity index (χ0v) is 9.11. The number of morpholine rings is 1. The molecular weight excluding hydrogens is 208 g/mol. The molecule has 0 aromatic carbocycles. The number of H-pyrrole nitrogens is 1. The first-order valence-corrected chi connectivity index (χ1v) is 5.45. The molecule has 2 N–H and O–H groups in total. The third-order valence-corrected chi connectivity index (χ3v) is 2.49. The van der Waals surface area contributed by atoms with Gasteiger partial charge in [0.25, 0.3) is 0 Å². The molecule has 1 saturated heterocycles. The number of aromatic nitrogens is 2. The first-order valence-electron chi connectivity index (χ1n) is 5.45. The number of aromatic amines is 1. The number of imidazole rings is 1. The van der Waals surface area contributed by atoms with Crippen molar-refractivity contribution < 1.29 is 9.53 Å². The molecule has 16 heavy (non-hydrogen) atoms. The van der Waals surface area contributed by atoms with E-state index in [9.17, 15) is 4.79 Å². The maximum Gasteiger partial charge on any atom is 0.317 e. The van der Waals surface area contributed by atoms with Crippen LogP contribution in [0.25, 0.3) is 0 Å². The van der Waals surface area contributed by atoms with E-state index >= 15 is 0 Å². The summed E-state index contributed by atoms with van der Waals surface area (Å²) in [6.45, 7) is 3.21. The molecule has 0 radical (unpaired) electrons. The Bertz CT molecular complexity index is 320. The number of nitrogens with one attached hydrogen (secondary N) is 2. The van der Waals surface area contributed by atoms with Crippen molar-refractivity contribution in [2.75, 3.05) is 32.8 Å². The molecule has 2 heterocycles. The number of amides is 2. The topological polar surface area (TPSA) is 70.2 Å². The Morgan fingerprint density at radius 3 is 3.06 bits per heavy atom. The van der Waals surface area contributed by atoms with Crippen LogP contribution in [0.2, 0.25) is 0 Å². The molecule has 1 aliphatic rings. The van der Waals surface area contributed by atoms with Gasteiger partial charge in [0.1, 0.15) is 5.82 Å². The standard InChI is InChI=1S/C10H16N4O2/c15-10(14-5-7-16-8-6-14)13-2-1-9-11-3-4-12-9/h3-4H,1-2,5-8H2,(H,11,12)(H,13,15). The van der Waals surface area contributed by atoms with Crippen molar-refractivity contribution in [1.82, 2.24) is 20.2 Å². The lowest BCUT2D eigenvalue weighted by Crippen LogP contribution is -2.46. The molecule has 1 fully saturated rings. The number of carbonyl (C=O) groups excluding carboxylic acids is 1. The summed E-state index contributed by atoms with van der Waals surface area (Å²) in [5.41, 5.74) is 0. The van der Waals surface area contributed by atoms with Crippen LogP contribution in [0.15, 0.2) is 12.4 Å². The molecule has 0 aliphatic carbocycles. The highest BCUT2D eigenvalue weighted by Crippen LogP contribution is 1.97. The smallest absolute Gasteiger partial charge is 0.317 e. The van der Waals surface area contributed by atoms with Crippen LogP contribution in [0.3, 0.4) is 0 Å². The second-order valence-corrected chi connectivity index (χ2v) is 3.62. The van der Waals surface area contributed by atoms with Crippen LogP contribution in [0.5, 0.6) is 0 Å². The average molecular weight is 224 g/mol. The minimum Gasteiger partial charge on any atom is -0.378 e. The van der Waals surface area contributed by atoms with Crippen molar-refractivity contribution in [3.05, 3.63) is 18.2 Å². The van der Waals surface area contributed by atoms with Crippen molar-refractivity contribution >= 4 is 6.03 Å². The second-order valence-electron chi connectivity index (χ2n) is 3.62. The maximum absolute atomic E-state index is 11.7. The highest BCUT2D eigenvalue weighted by atomic mass is 16.5. The number of rotatable bonds is 3. The van der Waals surface area contributed by atoms with Crippen LogP contribution < -0.4 is 5.32 Å². The monoisotopic (exact) mass is 224 g/mol. The summed E-state index contributed by atoms with van der Waals surface area (Å²) in [6.07, 6.45) is 4.21. The van der Waals surface area contributed by atoms with Gasteiger partial charge in [-0.2, -0.15) is 0 Å². The lowest BCUT2D eigenvalue weighted by atomic mass is 10.4. The third kappa shape index (κ3) is 2.96. The highest BCUT2D eigenvalue weighted by Gasteiger charge is 2.15. The van der Waals surface area contributed by atoms with Crippen molar-refractivity contribution in [2.45, 2.75) is 6.42 Å². The summed E-state index contributed by atoms with van der Waals surface area (Å²) in [6, 6.07) is -0.0187. The first kappa shape index (κ1) is 10.9. The highest BCUT2D eigenvalue weighted by molar-refractivity contribution is 5.74. The second kappa shape index (κ2) is 5.50. The normalized spacial score (nSPS) is 16.1. The summed E-state index contributed by atoms with van der Waals surface area (Å²) in [4.78, 5) is 20.5. The zero-order chi connectivity index (χ0) is 11.2. The Morgan fingerprint density at radius 1 is 1.56 bits per heavy atom. The number of urea groups is 1. The number of ether oxygens (including phenoxy) is 1. The van der Waals surface area contributed by atoms with Gasteiger partial charge >= 0.3 is 6.03 Å². The Morgan fingerprint density at radius 2 is 2.38 bits per heavy atom. The lowest BCUT2D eigenvalue weighted by Gasteiger charge is -2.26. The summed E-state index contributed by atoms with van der Waals surface area (Å²) < 4.78 is 5.18. The lowest BCUT2D eigenvalue weighted by molar-refractivity contribution is 0.0533. The van der Waals surface area contributed by atoms with E-state index in [1.165, 1.54) is 0 Å². The Kier molecular flexibility index (Phi) is 3.76. The molecule has 1 aromatic rings. The number of hydrogen-bond donors (Lipinski definition) is 2. The Labute approximate surface area is 94.0 Å². The van der Waals surface area contributed by atoms with Gasteiger partial charge in [0.05, 0.1) is 13.2 Å². The first-order chi connectivity index (χ1) is 7.86. The zero-order valence-electron chi connectivity index (χ0n) is 9.11. The molecule has 6 nitrogen and oxygen atoms in total. The Balaban J connectivity index is 1.67. The van der Waals surface area contributed by atoms with Gasteiger partial charge in [-0.05, 0) is 0 Å². The predicted octanol–water partition coefficient (Wildman–Crippen LogP) is -0.00600. The SMILES string of the molecule is O=C(NCCc1ncc[nH]1)N1CCOCC1. The van der Waals surface area contributed by atoms with Gasteiger partial charge in [-0.25, -0.2) is 9.78 Å². The van der Waals surface area contributed by atoms with Gasteiger partial charge < -0.3 is 19.9 Å². The minimum absolute atomic E-state index is 0.0187. The average Bonchev–Trinajstić information content (AvgIpc) is 2.83. The van der Waals surface area contributed by atoms with E-state index in [0.717, 1.165) is 12.2 Å². The van der Waals surface area contributed by atoms with E-state index in [0.29, 0.717) is 32.8 Å². The third-order valence-electron chi connectivity index (χ3n) is 2.49. The van der Waals surface area contributed by atoms with Gasteiger partial charge in [0.2, 0.25) is 0 Å². The molecule has 6 heteroatoms.